The Labute approximate surface area is 107 Å². The molecule has 2 aromatic rings. The Balaban J connectivity index is 1.98. The summed E-state index contributed by atoms with van der Waals surface area (Å²) in [6, 6.07) is 6.34. The first kappa shape index (κ1) is 11.3. The molecule has 0 spiro atoms. The molecule has 0 saturated carbocycles. The van der Waals surface area contributed by atoms with E-state index in [2.05, 4.69) is 35.0 Å². The minimum absolute atomic E-state index is 0.747. The fourth-order valence-corrected chi connectivity index (χ4v) is 2.85. The van der Waals surface area contributed by atoms with Crippen LogP contribution in [0.1, 0.15) is 30.1 Å². The van der Waals surface area contributed by atoms with E-state index in [9.17, 15) is 4.79 Å². The zero-order valence-corrected chi connectivity index (χ0v) is 10.6. The third-order valence-corrected chi connectivity index (χ3v) is 3.85. The molecule has 1 aliphatic rings. The van der Waals surface area contributed by atoms with Gasteiger partial charge in [-0.1, -0.05) is 6.92 Å². The summed E-state index contributed by atoms with van der Waals surface area (Å²) in [6.45, 7) is 4.54. The number of carbonyl (C=O) groups excluding carboxylic acids is 1. The van der Waals surface area contributed by atoms with Crippen molar-refractivity contribution in [3.63, 3.8) is 0 Å². The van der Waals surface area contributed by atoms with Gasteiger partial charge in [-0.3, -0.25) is 4.79 Å². The summed E-state index contributed by atoms with van der Waals surface area (Å²) in [4.78, 5) is 16.5. The van der Waals surface area contributed by atoms with Gasteiger partial charge in [0.15, 0.2) is 6.29 Å². The lowest BCUT2D eigenvalue weighted by molar-refractivity contribution is 0.112. The highest BCUT2D eigenvalue weighted by atomic mass is 16.1. The predicted molar refractivity (Wildman–Crippen MR) is 74.3 cm³/mol. The number of nitrogens with zero attached hydrogens (tertiary/aromatic N) is 1. The van der Waals surface area contributed by atoms with Crippen LogP contribution < -0.4 is 4.90 Å². The summed E-state index contributed by atoms with van der Waals surface area (Å²) in [5.41, 5.74) is 3.01. The molecule has 94 valence electrons. The molecule has 0 radical (unpaired) electrons. The second-order valence-corrected chi connectivity index (χ2v) is 5.29. The lowest BCUT2D eigenvalue weighted by Crippen LogP contribution is -2.34. The van der Waals surface area contributed by atoms with Crippen LogP contribution in [0.15, 0.2) is 24.4 Å². The maximum atomic E-state index is 11.0. The van der Waals surface area contributed by atoms with E-state index in [-0.39, 0.29) is 0 Å². The monoisotopic (exact) mass is 242 g/mol. The van der Waals surface area contributed by atoms with Crippen molar-refractivity contribution in [1.29, 1.82) is 0 Å². The van der Waals surface area contributed by atoms with E-state index in [4.69, 9.17) is 0 Å². The third kappa shape index (κ3) is 1.90. The van der Waals surface area contributed by atoms with Crippen molar-refractivity contribution in [1.82, 2.24) is 4.98 Å². The number of rotatable bonds is 2. The number of aldehydes is 1. The van der Waals surface area contributed by atoms with Gasteiger partial charge in [0, 0.05) is 41.4 Å². The quantitative estimate of drug-likeness (QED) is 0.821. The van der Waals surface area contributed by atoms with Gasteiger partial charge in [0.2, 0.25) is 0 Å². The van der Waals surface area contributed by atoms with Crippen LogP contribution in [0.4, 0.5) is 5.69 Å². The van der Waals surface area contributed by atoms with Gasteiger partial charge < -0.3 is 9.88 Å². The molecule has 3 nitrogen and oxygen atoms in total. The Morgan fingerprint density at radius 2 is 2.33 bits per heavy atom. The van der Waals surface area contributed by atoms with Gasteiger partial charge in [-0.2, -0.15) is 0 Å². The zero-order chi connectivity index (χ0) is 12.5. The molecule has 0 amide bonds. The molecule has 1 aromatic heterocycles. The number of aromatic amines is 1. The van der Waals surface area contributed by atoms with E-state index in [1.165, 1.54) is 18.5 Å². The second-order valence-electron chi connectivity index (χ2n) is 5.29. The number of hydrogen-bond donors (Lipinski definition) is 1. The van der Waals surface area contributed by atoms with Crippen LogP contribution in [0, 0.1) is 5.92 Å². The van der Waals surface area contributed by atoms with Crippen molar-refractivity contribution in [2.45, 2.75) is 19.8 Å². The molecule has 1 N–H and O–H groups in total. The van der Waals surface area contributed by atoms with Crippen molar-refractivity contribution in [2.24, 2.45) is 5.92 Å². The first-order valence-electron chi connectivity index (χ1n) is 6.59. The zero-order valence-electron chi connectivity index (χ0n) is 10.6. The topological polar surface area (TPSA) is 36.1 Å². The summed E-state index contributed by atoms with van der Waals surface area (Å²) >= 11 is 0. The first-order valence-corrected chi connectivity index (χ1v) is 6.59. The molecule has 1 aliphatic heterocycles. The van der Waals surface area contributed by atoms with Crippen LogP contribution in [0.2, 0.25) is 0 Å². The number of benzene rings is 1. The Hall–Kier alpha value is -1.77. The SMILES string of the molecule is CC1CCCN(c2ccc3[nH]cc(C=O)c3c2)C1. The van der Waals surface area contributed by atoms with Crippen LogP contribution >= 0.6 is 0 Å². The van der Waals surface area contributed by atoms with Crippen molar-refractivity contribution in [3.05, 3.63) is 30.0 Å². The molecule has 2 heterocycles. The fourth-order valence-electron chi connectivity index (χ4n) is 2.85. The molecular weight excluding hydrogens is 224 g/mol. The summed E-state index contributed by atoms with van der Waals surface area (Å²) in [6.07, 6.45) is 5.27. The van der Waals surface area contributed by atoms with Crippen molar-refractivity contribution < 1.29 is 4.79 Å². The molecule has 1 saturated heterocycles. The predicted octanol–water partition coefficient (Wildman–Crippen LogP) is 3.22. The van der Waals surface area contributed by atoms with E-state index in [1.54, 1.807) is 6.20 Å². The Bertz CT molecular complexity index is 573. The fraction of sp³-hybridized carbons (Fsp3) is 0.400. The number of hydrogen-bond acceptors (Lipinski definition) is 2. The minimum atomic E-state index is 0.747. The molecule has 18 heavy (non-hydrogen) atoms. The average Bonchev–Trinajstić information content (AvgIpc) is 2.80. The van der Waals surface area contributed by atoms with E-state index in [0.717, 1.165) is 41.8 Å². The molecule has 1 atom stereocenters. The highest BCUT2D eigenvalue weighted by Crippen LogP contribution is 2.27. The smallest absolute Gasteiger partial charge is 0.152 e. The molecule has 0 bridgehead atoms. The van der Waals surface area contributed by atoms with Crippen LogP contribution in [0.25, 0.3) is 10.9 Å². The van der Waals surface area contributed by atoms with Crippen LogP contribution in [-0.4, -0.2) is 24.4 Å². The minimum Gasteiger partial charge on any atom is -0.371 e. The molecule has 3 heteroatoms. The third-order valence-electron chi connectivity index (χ3n) is 3.85. The maximum absolute atomic E-state index is 11.0. The Morgan fingerprint density at radius 3 is 3.11 bits per heavy atom. The van der Waals surface area contributed by atoms with Gasteiger partial charge in [0.1, 0.15) is 0 Å². The Morgan fingerprint density at radius 1 is 1.44 bits per heavy atom. The number of H-pyrrole nitrogens is 1. The molecule has 1 unspecified atom stereocenters. The van der Waals surface area contributed by atoms with Crippen LogP contribution in [0.3, 0.4) is 0 Å². The first-order chi connectivity index (χ1) is 8.78. The highest BCUT2D eigenvalue weighted by molar-refractivity contribution is 5.98. The summed E-state index contributed by atoms with van der Waals surface area (Å²) in [5.74, 6) is 0.756. The Kier molecular flexibility index (Phi) is 2.82. The van der Waals surface area contributed by atoms with Crippen LogP contribution in [0.5, 0.6) is 0 Å². The molecular formula is C15H18N2O. The summed E-state index contributed by atoms with van der Waals surface area (Å²) < 4.78 is 0. The number of aromatic nitrogens is 1. The van der Waals surface area contributed by atoms with Gasteiger partial charge in [0.25, 0.3) is 0 Å². The van der Waals surface area contributed by atoms with E-state index < -0.39 is 0 Å². The van der Waals surface area contributed by atoms with Gasteiger partial charge in [0.05, 0.1) is 0 Å². The van der Waals surface area contributed by atoms with Gasteiger partial charge in [-0.05, 0) is 37.0 Å². The molecule has 0 aliphatic carbocycles. The standard InChI is InChI=1S/C15H18N2O/c1-11-3-2-6-17(9-11)13-4-5-15-14(7-13)12(10-18)8-16-15/h4-5,7-8,10-11,16H,2-3,6,9H2,1H3. The number of fused-ring (bicyclic) bond motifs is 1. The van der Waals surface area contributed by atoms with E-state index >= 15 is 0 Å². The number of anilines is 1. The number of carbonyl (C=O) groups is 1. The summed E-state index contributed by atoms with van der Waals surface area (Å²) in [7, 11) is 0. The molecule has 1 aromatic carbocycles. The van der Waals surface area contributed by atoms with Gasteiger partial charge in [-0.15, -0.1) is 0 Å². The van der Waals surface area contributed by atoms with Crippen molar-refractivity contribution in [3.8, 4) is 0 Å². The largest absolute Gasteiger partial charge is 0.371 e. The number of nitrogens with one attached hydrogen (secondary N) is 1. The molecule has 1 fully saturated rings. The lowest BCUT2D eigenvalue weighted by atomic mass is 9.99. The van der Waals surface area contributed by atoms with E-state index in [0.29, 0.717) is 0 Å². The maximum Gasteiger partial charge on any atom is 0.152 e. The van der Waals surface area contributed by atoms with Crippen molar-refractivity contribution >= 4 is 22.9 Å². The molecule has 3 rings (SSSR count). The van der Waals surface area contributed by atoms with Crippen LogP contribution in [-0.2, 0) is 0 Å². The normalized spacial score (nSPS) is 20.3. The van der Waals surface area contributed by atoms with E-state index in [1.807, 2.05) is 0 Å². The lowest BCUT2D eigenvalue weighted by Gasteiger charge is -2.32. The van der Waals surface area contributed by atoms with Gasteiger partial charge >= 0.3 is 0 Å². The highest BCUT2D eigenvalue weighted by Gasteiger charge is 2.17. The second kappa shape index (κ2) is 4.48. The van der Waals surface area contributed by atoms with Gasteiger partial charge in [-0.25, -0.2) is 0 Å². The van der Waals surface area contributed by atoms with Crippen molar-refractivity contribution in [2.75, 3.05) is 18.0 Å². The number of piperidine rings is 1. The summed E-state index contributed by atoms with van der Waals surface area (Å²) in [5, 5.41) is 1.03. The average molecular weight is 242 g/mol.